The van der Waals surface area contributed by atoms with Crippen molar-refractivity contribution < 1.29 is 9.59 Å². The van der Waals surface area contributed by atoms with Crippen LogP contribution in [-0.2, 0) is 13.0 Å². The molecule has 5 nitrogen and oxygen atoms in total. The highest BCUT2D eigenvalue weighted by molar-refractivity contribution is 7.99. The number of rotatable bonds is 9. The highest BCUT2D eigenvalue weighted by Crippen LogP contribution is 2.27. The fourth-order valence-corrected chi connectivity index (χ4v) is 4.99. The van der Waals surface area contributed by atoms with Crippen LogP contribution in [0.5, 0.6) is 0 Å². The van der Waals surface area contributed by atoms with E-state index in [9.17, 15) is 9.59 Å². The summed E-state index contributed by atoms with van der Waals surface area (Å²) in [6, 6.07) is 24.0. The summed E-state index contributed by atoms with van der Waals surface area (Å²) in [6.45, 7) is 6.94. The van der Waals surface area contributed by atoms with E-state index in [4.69, 9.17) is 5.73 Å². The summed E-state index contributed by atoms with van der Waals surface area (Å²) in [4.78, 5) is 25.5. The second-order valence-corrected chi connectivity index (χ2v) is 10.2. The molecule has 3 N–H and O–H groups in total. The number of primary amides is 1. The highest BCUT2D eigenvalue weighted by Gasteiger charge is 2.15. The molecule has 1 heterocycles. The van der Waals surface area contributed by atoms with Crippen molar-refractivity contribution in [3.8, 4) is 0 Å². The molecule has 4 aromatic rings. The number of carbonyl (C=O) groups is 2. The van der Waals surface area contributed by atoms with Crippen molar-refractivity contribution in [2.75, 3.05) is 5.75 Å². The molecule has 0 unspecified atom stereocenters. The van der Waals surface area contributed by atoms with Crippen molar-refractivity contribution in [2.24, 2.45) is 5.73 Å². The van der Waals surface area contributed by atoms with Crippen molar-refractivity contribution in [2.45, 2.75) is 44.7 Å². The number of fused-ring (bicyclic) bond motifs is 1. The molecule has 2 amide bonds. The Balaban J connectivity index is 1.52. The van der Waals surface area contributed by atoms with Crippen molar-refractivity contribution in [1.82, 2.24) is 9.88 Å². The topological polar surface area (TPSA) is 77.1 Å². The molecule has 6 heteroatoms. The summed E-state index contributed by atoms with van der Waals surface area (Å²) in [5.74, 6) is 0.534. The highest BCUT2D eigenvalue weighted by atomic mass is 32.2. The molecule has 0 saturated heterocycles. The molecular weight excluding hydrogens is 454 g/mol. The van der Waals surface area contributed by atoms with Crippen LogP contribution in [0.1, 0.15) is 64.3 Å². The minimum absolute atomic E-state index is 0.0835. The van der Waals surface area contributed by atoms with Gasteiger partial charge in [0.05, 0.1) is 0 Å². The molecular formula is C29H31N3O2S. The number of thioether (sulfide) groups is 1. The van der Waals surface area contributed by atoms with Gasteiger partial charge in [-0.15, -0.1) is 11.8 Å². The van der Waals surface area contributed by atoms with Crippen LogP contribution in [0.15, 0.2) is 77.7 Å². The van der Waals surface area contributed by atoms with Gasteiger partial charge in [0.15, 0.2) is 0 Å². The SMILES string of the molecule is CCSc1ccc(CNC(=O)c2ccc3c(c2)cc(Cc2ccc(C(N)=O)cc2)n3C(C)C)cc1. The first-order valence-electron chi connectivity index (χ1n) is 11.9. The average molecular weight is 486 g/mol. The fraction of sp³-hybridized carbons (Fsp3) is 0.241. The van der Waals surface area contributed by atoms with Gasteiger partial charge in [0, 0.05) is 51.6 Å². The number of aromatic nitrogens is 1. The predicted octanol–water partition coefficient (Wildman–Crippen LogP) is 5.95. The maximum atomic E-state index is 12.9. The van der Waals surface area contributed by atoms with E-state index in [1.54, 1.807) is 23.9 Å². The van der Waals surface area contributed by atoms with E-state index in [1.165, 1.54) is 4.90 Å². The van der Waals surface area contributed by atoms with E-state index in [0.29, 0.717) is 17.7 Å². The normalized spacial score (nSPS) is 11.2. The Morgan fingerprint density at radius 2 is 1.57 bits per heavy atom. The second kappa shape index (κ2) is 10.8. The summed E-state index contributed by atoms with van der Waals surface area (Å²) in [7, 11) is 0. The third-order valence-electron chi connectivity index (χ3n) is 6.01. The molecule has 1 aromatic heterocycles. The maximum Gasteiger partial charge on any atom is 0.251 e. The van der Waals surface area contributed by atoms with Gasteiger partial charge >= 0.3 is 0 Å². The van der Waals surface area contributed by atoms with Gasteiger partial charge in [-0.25, -0.2) is 0 Å². The Labute approximate surface area is 210 Å². The lowest BCUT2D eigenvalue weighted by Gasteiger charge is -2.15. The summed E-state index contributed by atoms with van der Waals surface area (Å²) in [5, 5.41) is 4.08. The monoisotopic (exact) mass is 485 g/mol. The molecule has 0 aliphatic carbocycles. The zero-order valence-electron chi connectivity index (χ0n) is 20.4. The zero-order valence-corrected chi connectivity index (χ0v) is 21.2. The first-order chi connectivity index (χ1) is 16.9. The first-order valence-corrected chi connectivity index (χ1v) is 12.9. The molecule has 0 atom stereocenters. The fourth-order valence-electron chi connectivity index (χ4n) is 4.33. The standard InChI is InChI=1S/C29H31N3O2S/c1-4-35-26-12-7-21(8-13-26)18-31-29(34)23-11-14-27-24(16-23)17-25(32(27)19(2)3)15-20-5-9-22(10-6-20)28(30)33/h5-14,16-17,19H,4,15,18H2,1-3H3,(H2,30,33)(H,31,34). The quantitative estimate of drug-likeness (QED) is 0.287. The minimum Gasteiger partial charge on any atom is -0.366 e. The van der Waals surface area contributed by atoms with E-state index >= 15 is 0 Å². The molecule has 180 valence electrons. The van der Waals surface area contributed by atoms with Gasteiger partial charge in [0.1, 0.15) is 0 Å². The molecule has 0 spiro atoms. The smallest absolute Gasteiger partial charge is 0.251 e. The first kappa shape index (κ1) is 24.6. The molecule has 0 aliphatic rings. The van der Waals surface area contributed by atoms with Gasteiger partial charge in [0.2, 0.25) is 5.91 Å². The van der Waals surface area contributed by atoms with Crippen molar-refractivity contribution in [1.29, 1.82) is 0 Å². The number of benzene rings is 3. The average Bonchev–Trinajstić information content (AvgIpc) is 3.21. The lowest BCUT2D eigenvalue weighted by atomic mass is 10.1. The van der Waals surface area contributed by atoms with E-state index in [0.717, 1.165) is 39.9 Å². The van der Waals surface area contributed by atoms with Gasteiger partial charge in [0.25, 0.3) is 5.91 Å². The van der Waals surface area contributed by atoms with Gasteiger partial charge in [-0.1, -0.05) is 31.2 Å². The van der Waals surface area contributed by atoms with Gasteiger partial charge in [-0.3, -0.25) is 9.59 Å². The molecule has 35 heavy (non-hydrogen) atoms. The number of nitrogens with zero attached hydrogens (tertiary/aromatic N) is 1. The van der Waals surface area contributed by atoms with Crippen LogP contribution in [0.25, 0.3) is 10.9 Å². The number of hydrogen-bond donors (Lipinski definition) is 2. The van der Waals surface area contributed by atoms with E-state index in [-0.39, 0.29) is 11.9 Å². The van der Waals surface area contributed by atoms with Crippen LogP contribution in [0.3, 0.4) is 0 Å². The van der Waals surface area contributed by atoms with Crippen LogP contribution in [0.2, 0.25) is 0 Å². The molecule has 0 radical (unpaired) electrons. The Hall–Kier alpha value is -3.51. The third kappa shape index (κ3) is 5.77. The van der Waals surface area contributed by atoms with Crippen LogP contribution < -0.4 is 11.1 Å². The Morgan fingerprint density at radius 1 is 0.914 bits per heavy atom. The summed E-state index contributed by atoms with van der Waals surface area (Å²) >= 11 is 1.81. The van der Waals surface area contributed by atoms with Crippen LogP contribution >= 0.6 is 11.8 Å². The van der Waals surface area contributed by atoms with Crippen LogP contribution in [0, 0.1) is 0 Å². The van der Waals surface area contributed by atoms with Crippen LogP contribution in [0.4, 0.5) is 0 Å². The van der Waals surface area contributed by atoms with Crippen molar-refractivity contribution in [3.05, 3.63) is 101 Å². The van der Waals surface area contributed by atoms with E-state index < -0.39 is 5.91 Å². The molecule has 0 saturated carbocycles. The molecule has 0 fully saturated rings. The Bertz CT molecular complexity index is 1340. The number of nitrogens with one attached hydrogen (secondary N) is 1. The zero-order chi connectivity index (χ0) is 24.9. The molecule has 4 rings (SSSR count). The lowest BCUT2D eigenvalue weighted by molar-refractivity contribution is 0.0949. The van der Waals surface area contributed by atoms with E-state index in [1.807, 2.05) is 30.3 Å². The van der Waals surface area contributed by atoms with E-state index in [2.05, 4.69) is 61.0 Å². The maximum absolute atomic E-state index is 12.9. The van der Waals surface area contributed by atoms with Gasteiger partial charge < -0.3 is 15.6 Å². The summed E-state index contributed by atoms with van der Waals surface area (Å²) in [6.07, 6.45) is 0.722. The predicted molar refractivity (Wildman–Crippen MR) is 144 cm³/mol. The summed E-state index contributed by atoms with van der Waals surface area (Å²) in [5.41, 5.74) is 11.0. The molecule has 0 bridgehead atoms. The largest absolute Gasteiger partial charge is 0.366 e. The lowest BCUT2D eigenvalue weighted by Crippen LogP contribution is -2.22. The van der Waals surface area contributed by atoms with Crippen molar-refractivity contribution in [3.63, 3.8) is 0 Å². The third-order valence-corrected chi connectivity index (χ3v) is 6.90. The number of hydrogen-bond acceptors (Lipinski definition) is 3. The number of amides is 2. The molecule has 3 aromatic carbocycles. The van der Waals surface area contributed by atoms with Gasteiger partial charge in [-0.2, -0.15) is 0 Å². The Morgan fingerprint density at radius 3 is 2.20 bits per heavy atom. The minimum atomic E-state index is -0.425. The number of nitrogens with two attached hydrogens (primary N) is 1. The van der Waals surface area contributed by atoms with Crippen molar-refractivity contribution >= 4 is 34.5 Å². The second-order valence-electron chi connectivity index (χ2n) is 8.87. The number of carbonyl (C=O) groups excluding carboxylic acids is 2. The van der Waals surface area contributed by atoms with Crippen LogP contribution in [-0.4, -0.2) is 22.1 Å². The summed E-state index contributed by atoms with van der Waals surface area (Å²) < 4.78 is 2.30. The Kier molecular flexibility index (Phi) is 7.61. The van der Waals surface area contributed by atoms with Gasteiger partial charge in [-0.05, 0) is 79.3 Å². The molecule has 0 aliphatic heterocycles.